The van der Waals surface area contributed by atoms with Crippen LogP contribution in [0.1, 0.15) is 46.5 Å². The van der Waals surface area contributed by atoms with Gasteiger partial charge in [0.1, 0.15) is 5.94 Å². The Bertz CT molecular complexity index is 213. The molecular formula is C13H22O. The van der Waals surface area contributed by atoms with E-state index in [0.717, 1.165) is 30.1 Å². The third-order valence-electron chi connectivity index (χ3n) is 3.66. The molecule has 1 aliphatic carbocycles. The molecule has 1 heteroatoms. The minimum absolute atomic E-state index is 0.722. The number of hydrogen-bond donors (Lipinski definition) is 0. The summed E-state index contributed by atoms with van der Waals surface area (Å²) >= 11 is 0. The smallest absolute Gasteiger partial charge is 0.120 e. The largest absolute Gasteiger partial charge is 0.234 e. The summed E-state index contributed by atoms with van der Waals surface area (Å²) in [5.41, 5.74) is 0. The Labute approximate surface area is 87.6 Å². The molecule has 80 valence electrons. The summed E-state index contributed by atoms with van der Waals surface area (Å²) in [6.07, 6.45) is 6.62. The Morgan fingerprint density at radius 1 is 1.43 bits per heavy atom. The second-order valence-corrected chi connectivity index (χ2v) is 5.14. The molecule has 1 fully saturated rings. The fourth-order valence-corrected chi connectivity index (χ4v) is 2.87. The van der Waals surface area contributed by atoms with Crippen LogP contribution in [0.4, 0.5) is 0 Å². The average Bonchev–Trinajstić information content (AvgIpc) is 2.14. The molecule has 0 aromatic rings. The van der Waals surface area contributed by atoms with Crippen molar-refractivity contribution in [3.63, 3.8) is 0 Å². The Morgan fingerprint density at radius 2 is 2.14 bits per heavy atom. The Morgan fingerprint density at radius 3 is 2.71 bits per heavy atom. The van der Waals surface area contributed by atoms with Crippen LogP contribution >= 0.6 is 0 Å². The highest BCUT2D eigenvalue weighted by Crippen LogP contribution is 2.39. The molecule has 0 bridgehead atoms. The van der Waals surface area contributed by atoms with E-state index >= 15 is 0 Å². The van der Waals surface area contributed by atoms with Gasteiger partial charge in [-0.05, 0) is 42.9 Å². The van der Waals surface area contributed by atoms with Crippen LogP contribution in [0.3, 0.4) is 0 Å². The lowest BCUT2D eigenvalue weighted by Gasteiger charge is -2.36. The van der Waals surface area contributed by atoms with Gasteiger partial charge in [0.15, 0.2) is 0 Å². The van der Waals surface area contributed by atoms with Crippen LogP contribution in [-0.4, -0.2) is 5.94 Å². The minimum Gasteiger partial charge on any atom is -0.234 e. The highest BCUT2D eigenvalue weighted by Gasteiger charge is 2.29. The van der Waals surface area contributed by atoms with Gasteiger partial charge in [-0.3, -0.25) is 0 Å². The molecule has 0 radical (unpaired) electrons. The maximum absolute atomic E-state index is 10.2. The van der Waals surface area contributed by atoms with Crippen molar-refractivity contribution in [1.29, 1.82) is 0 Å². The highest BCUT2D eigenvalue weighted by molar-refractivity contribution is 5.44. The van der Waals surface area contributed by atoms with Gasteiger partial charge in [-0.2, -0.15) is 0 Å². The standard InChI is InChI=1S/C13H22O/c1-10(2)13-7-6-11(3)9-12(13)5-4-8-14/h4,10-13H,5-7,9H2,1-3H3. The maximum Gasteiger partial charge on any atom is 0.120 e. The maximum atomic E-state index is 10.2. The van der Waals surface area contributed by atoms with Gasteiger partial charge < -0.3 is 0 Å². The van der Waals surface area contributed by atoms with Gasteiger partial charge in [-0.15, -0.1) is 0 Å². The van der Waals surface area contributed by atoms with Crippen LogP contribution in [0.15, 0.2) is 6.08 Å². The number of rotatable bonds is 3. The molecule has 0 heterocycles. The molecule has 0 aromatic carbocycles. The zero-order valence-corrected chi connectivity index (χ0v) is 9.62. The van der Waals surface area contributed by atoms with Gasteiger partial charge in [-0.25, -0.2) is 4.79 Å². The van der Waals surface area contributed by atoms with Crippen LogP contribution in [0.2, 0.25) is 0 Å². The number of hydrogen-bond acceptors (Lipinski definition) is 1. The van der Waals surface area contributed by atoms with E-state index in [-0.39, 0.29) is 0 Å². The van der Waals surface area contributed by atoms with E-state index in [1.54, 1.807) is 6.08 Å². The van der Waals surface area contributed by atoms with Crippen molar-refractivity contribution in [1.82, 2.24) is 0 Å². The molecule has 0 saturated heterocycles. The van der Waals surface area contributed by atoms with Crippen molar-refractivity contribution in [3.05, 3.63) is 6.08 Å². The van der Waals surface area contributed by atoms with Crippen LogP contribution < -0.4 is 0 Å². The molecule has 0 amide bonds. The van der Waals surface area contributed by atoms with Crippen molar-refractivity contribution >= 4 is 5.94 Å². The monoisotopic (exact) mass is 194 g/mol. The minimum atomic E-state index is 0.722. The first kappa shape index (κ1) is 11.5. The van der Waals surface area contributed by atoms with E-state index < -0.39 is 0 Å². The van der Waals surface area contributed by atoms with Crippen molar-refractivity contribution in [2.75, 3.05) is 0 Å². The lowest BCUT2D eigenvalue weighted by Crippen LogP contribution is -2.27. The summed E-state index contributed by atoms with van der Waals surface area (Å²) < 4.78 is 0. The van der Waals surface area contributed by atoms with Crippen LogP contribution in [0, 0.1) is 23.7 Å². The van der Waals surface area contributed by atoms with Gasteiger partial charge in [0.05, 0.1) is 0 Å². The fourth-order valence-electron chi connectivity index (χ4n) is 2.87. The van der Waals surface area contributed by atoms with Crippen LogP contribution in [0.5, 0.6) is 0 Å². The third kappa shape index (κ3) is 2.99. The van der Waals surface area contributed by atoms with Crippen molar-refractivity contribution in [2.45, 2.75) is 46.5 Å². The lowest BCUT2D eigenvalue weighted by atomic mass is 9.69. The first-order valence-electron chi connectivity index (χ1n) is 5.84. The first-order chi connectivity index (χ1) is 6.65. The zero-order chi connectivity index (χ0) is 10.6. The summed E-state index contributed by atoms with van der Waals surface area (Å²) in [5, 5.41) is 0. The third-order valence-corrected chi connectivity index (χ3v) is 3.66. The van der Waals surface area contributed by atoms with Gasteiger partial charge >= 0.3 is 0 Å². The van der Waals surface area contributed by atoms with Crippen LogP contribution in [-0.2, 0) is 4.79 Å². The normalized spacial score (nSPS) is 32.7. The summed E-state index contributed by atoms with van der Waals surface area (Å²) in [6.45, 7) is 6.94. The SMILES string of the molecule is CC1CCC(C(C)C)C(CC=C=O)C1. The Hall–Kier alpha value is -0.550. The van der Waals surface area contributed by atoms with Crippen molar-refractivity contribution < 1.29 is 4.79 Å². The quantitative estimate of drug-likeness (QED) is 0.629. The van der Waals surface area contributed by atoms with Crippen molar-refractivity contribution in [2.24, 2.45) is 23.7 Å². The Balaban J connectivity index is 2.58. The first-order valence-corrected chi connectivity index (χ1v) is 5.84. The molecule has 1 rings (SSSR count). The van der Waals surface area contributed by atoms with Crippen molar-refractivity contribution in [3.8, 4) is 0 Å². The molecule has 1 nitrogen and oxygen atoms in total. The van der Waals surface area contributed by atoms with Gasteiger partial charge in [0, 0.05) is 6.08 Å². The average molecular weight is 194 g/mol. The van der Waals surface area contributed by atoms with E-state index in [1.165, 1.54) is 19.3 Å². The number of allylic oxidation sites excluding steroid dienone is 1. The molecule has 3 atom stereocenters. The topological polar surface area (TPSA) is 17.1 Å². The molecule has 14 heavy (non-hydrogen) atoms. The van der Waals surface area contributed by atoms with Gasteiger partial charge in [-0.1, -0.05) is 27.2 Å². The molecule has 0 aliphatic heterocycles. The highest BCUT2D eigenvalue weighted by atomic mass is 16.1. The molecule has 0 spiro atoms. The molecule has 0 N–H and O–H groups in total. The molecule has 0 aromatic heterocycles. The second kappa shape index (κ2) is 5.36. The number of carbonyl (C=O) groups excluding carboxylic acids is 1. The van der Waals surface area contributed by atoms with E-state index in [2.05, 4.69) is 20.8 Å². The predicted octanol–water partition coefficient (Wildman–Crippen LogP) is 3.47. The fraction of sp³-hybridized carbons (Fsp3) is 0.846. The summed E-state index contributed by atoms with van der Waals surface area (Å²) in [4.78, 5) is 10.2. The van der Waals surface area contributed by atoms with E-state index in [0.29, 0.717) is 0 Å². The van der Waals surface area contributed by atoms with E-state index in [1.807, 2.05) is 5.94 Å². The summed E-state index contributed by atoms with van der Waals surface area (Å²) in [5.74, 6) is 5.05. The van der Waals surface area contributed by atoms with Gasteiger partial charge in [0.25, 0.3) is 0 Å². The lowest BCUT2D eigenvalue weighted by molar-refractivity contribution is 0.146. The summed E-state index contributed by atoms with van der Waals surface area (Å²) in [7, 11) is 0. The van der Waals surface area contributed by atoms with E-state index in [4.69, 9.17) is 0 Å². The van der Waals surface area contributed by atoms with E-state index in [9.17, 15) is 4.79 Å². The molecule has 3 unspecified atom stereocenters. The van der Waals surface area contributed by atoms with Crippen LogP contribution in [0.25, 0.3) is 0 Å². The van der Waals surface area contributed by atoms with Gasteiger partial charge in [0.2, 0.25) is 0 Å². The predicted molar refractivity (Wildman–Crippen MR) is 59.7 cm³/mol. The Kier molecular flexibility index (Phi) is 4.41. The molecule has 1 saturated carbocycles. The summed E-state index contributed by atoms with van der Waals surface area (Å²) in [6, 6.07) is 0. The molecule has 1 aliphatic rings. The molecular weight excluding hydrogens is 172 g/mol. The second-order valence-electron chi connectivity index (χ2n) is 5.14. The zero-order valence-electron chi connectivity index (χ0n) is 9.62.